The maximum Gasteiger partial charge on any atom is 0.222 e. The topological polar surface area (TPSA) is 20.3 Å². The number of carbonyl (C=O) groups is 1. The molecule has 0 N–H and O–H groups in total. The summed E-state index contributed by atoms with van der Waals surface area (Å²) in [5, 5.41) is 0. The number of amides is 1. The summed E-state index contributed by atoms with van der Waals surface area (Å²) >= 11 is 0. The molecule has 0 spiro atoms. The molecule has 2 aliphatic rings. The van der Waals surface area contributed by atoms with E-state index in [0.29, 0.717) is 23.8 Å². The Balaban J connectivity index is 2.13. The average Bonchev–Trinajstić information content (AvgIpc) is 2.71. The van der Waals surface area contributed by atoms with Crippen LogP contribution in [-0.4, -0.2) is 23.4 Å². The van der Waals surface area contributed by atoms with Crippen molar-refractivity contribution >= 4 is 5.91 Å². The quantitative estimate of drug-likeness (QED) is 0.684. The van der Waals surface area contributed by atoms with Gasteiger partial charge in [-0.25, -0.2) is 0 Å². The standard InChI is InChI=1S/C13H23NO/c1-9(2)11-7-6-10(3)13(11)14-8-4-5-12(14)15/h9-11,13H,4-8H2,1-3H3/t10-,11-,13+/m1/s1. The molecule has 0 aromatic heterocycles. The van der Waals surface area contributed by atoms with E-state index in [9.17, 15) is 4.79 Å². The first-order valence-corrected chi connectivity index (χ1v) is 6.40. The van der Waals surface area contributed by atoms with Crippen LogP contribution in [0.1, 0.15) is 46.5 Å². The summed E-state index contributed by atoms with van der Waals surface area (Å²) < 4.78 is 0. The highest BCUT2D eigenvalue weighted by Crippen LogP contribution is 2.40. The molecule has 2 fully saturated rings. The lowest BCUT2D eigenvalue weighted by Crippen LogP contribution is -2.43. The second-order valence-corrected chi connectivity index (χ2v) is 5.64. The summed E-state index contributed by atoms with van der Waals surface area (Å²) in [5.41, 5.74) is 0. The summed E-state index contributed by atoms with van der Waals surface area (Å²) in [5.74, 6) is 2.56. The molecule has 1 amide bonds. The summed E-state index contributed by atoms with van der Waals surface area (Å²) in [6.45, 7) is 7.93. The van der Waals surface area contributed by atoms with Crippen molar-refractivity contribution in [2.45, 2.75) is 52.5 Å². The van der Waals surface area contributed by atoms with Gasteiger partial charge in [-0.05, 0) is 37.0 Å². The number of likely N-dealkylation sites (tertiary alicyclic amines) is 1. The SMILES string of the molecule is CC(C)[C@H]1CC[C@@H](C)[C@@H]1N1CCCC1=O. The Hall–Kier alpha value is -0.530. The van der Waals surface area contributed by atoms with Crippen LogP contribution in [0.4, 0.5) is 0 Å². The van der Waals surface area contributed by atoms with Crippen LogP contribution < -0.4 is 0 Å². The molecule has 86 valence electrons. The van der Waals surface area contributed by atoms with Crippen LogP contribution >= 0.6 is 0 Å². The fourth-order valence-electron chi connectivity index (χ4n) is 3.47. The third-order valence-corrected chi connectivity index (χ3v) is 4.30. The van der Waals surface area contributed by atoms with Crippen molar-refractivity contribution in [3.8, 4) is 0 Å². The van der Waals surface area contributed by atoms with Gasteiger partial charge < -0.3 is 4.90 Å². The van der Waals surface area contributed by atoms with Crippen LogP contribution in [-0.2, 0) is 4.79 Å². The molecule has 0 aromatic rings. The number of nitrogens with zero attached hydrogens (tertiary/aromatic N) is 1. The smallest absolute Gasteiger partial charge is 0.222 e. The van der Waals surface area contributed by atoms with E-state index in [0.717, 1.165) is 25.3 Å². The van der Waals surface area contributed by atoms with E-state index in [-0.39, 0.29) is 0 Å². The number of rotatable bonds is 2. The first kappa shape index (κ1) is 11.0. The zero-order valence-corrected chi connectivity index (χ0v) is 10.2. The predicted octanol–water partition coefficient (Wildman–Crippen LogP) is 2.68. The third kappa shape index (κ3) is 1.91. The van der Waals surface area contributed by atoms with Crippen molar-refractivity contribution in [1.29, 1.82) is 0 Å². The molecular formula is C13H23NO. The van der Waals surface area contributed by atoms with Gasteiger partial charge in [0.1, 0.15) is 0 Å². The van der Waals surface area contributed by atoms with E-state index in [1.807, 2.05) is 0 Å². The molecule has 1 heterocycles. The van der Waals surface area contributed by atoms with E-state index in [4.69, 9.17) is 0 Å². The third-order valence-electron chi connectivity index (χ3n) is 4.30. The van der Waals surface area contributed by atoms with Crippen molar-refractivity contribution in [3.63, 3.8) is 0 Å². The van der Waals surface area contributed by atoms with Gasteiger partial charge in [-0.2, -0.15) is 0 Å². The van der Waals surface area contributed by atoms with Gasteiger partial charge in [0.25, 0.3) is 0 Å². The summed E-state index contributed by atoms with van der Waals surface area (Å²) in [7, 11) is 0. The monoisotopic (exact) mass is 209 g/mol. The normalized spacial score (nSPS) is 36.9. The largest absolute Gasteiger partial charge is 0.339 e. The molecule has 2 nitrogen and oxygen atoms in total. The summed E-state index contributed by atoms with van der Waals surface area (Å²) in [6.07, 6.45) is 4.48. The molecule has 0 radical (unpaired) electrons. The highest BCUT2D eigenvalue weighted by Gasteiger charge is 2.41. The second kappa shape index (κ2) is 4.15. The van der Waals surface area contributed by atoms with Gasteiger partial charge >= 0.3 is 0 Å². The number of hydrogen-bond donors (Lipinski definition) is 0. The molecule has 15 heavy (non-hydrogen) atoms. The summed E-state index contributed by atoms with van der Waals surface area (Å²) in [6, 6.07) is 0.542. The Morgan fingerprint density at radius 3 is 2.60 bits per heavy atom. The Morgan fingerprint density at radius 2 is 2.07 bits per heavy atom. The molecule has 2 rings (SSSR count). The van der Waals surface area contributed by atoms with Crippen LogP contribution in [0.5, 0.6) is 0 Å². The van der Waals surface area contributed by atoms with E-state index >= 15 is 0 Å². The van der Waals surface area contributed by atoms with Gasteiger partial charge in [-0.1, -0.05) is 20.8 Å². The van der Waals surface area contributed by atoms with Crippen LogP contribution in [0.2, 0.25) is 0 Å². The second-order valence-electron chi connectivity index (χ2n) is 5.64. The van der Waals surface area contributed by atoms with Gasteiger partial charge in [0, 0.05) is 19.0 Å². The van der Waals surface area contributed by atoms with Crippen molar-refractivity contribution in [1.82, 2.24) is 4.90 Å². The fraction of sp³-hybridized carbons (Fsp3) is 0.923. The maximum absolute atomic E-state index is 11.8. The average molecular weight is 209 g/mol. The number of hydrogen-bond acceptors (Lipinski definition) is 1. The molecule has 0 aromatic carbocycles. The van der Waals surface area contributed by atoms with Crippen LogP contribution in [0.15, 0.2) is 0 Å². The minimum Gasteiger partial charge on any atom is -0.339 e. The van der Waals surface area contributed by atoms with E-state index in [2.05, 4.69) is 25.7 Å². The Bertz CT molecular complexity index is 249. The van der Waals surface area contributed by atoms with Gasteiger partial charge in [0.15, 0.2) is 0 Å². The van der Waals surface area contributed by atoms with Crippen LogP contribution in [0.3, 0.4) is 0 Å². The molecule has 1 saturated heterocycles. The van der Waals surface area contributed by atoms with Crippen LogP contribution in [0.25, 0.3) is 0 Å². The predicted molar refractivity (Wildman–Crippen MR) is 61.5 cm³/mol. The lowest BCUT2D eigenvalue weighted by Gasteiger charge is -2.34. The molecule has 3 atom stereocenters. The molecule has 0 unspecified atom stereocenters. The molecular weight excluding hydrogens is 186 g/mol. The first-order chi connectivity index (χ1) is 7.11. The van der Waals surface area contributed by atoms with E-state index in [1.54, 1.807) is 0 Å². The van der Waals surface area contributed by atoms with Crippen molar-refractivity contribution in [2.75, 3.05) is 6.54 Å². The van der Waals surface area contributed by atoms with E-state index in [1.165, 1.54) is 12.8 Å². The first-order valence-electron chi connectivity index (χ1n) is 6.40. The zero-order chi connectivity index (χ0) is 11.0. The molecule has 1 saturated carbocycles. The van der Waals surface area contributed by atoms with Gasteiger partial charge in [0.2, 0.25) is 5.91 Å². The van der Waals surface area contributed by atoms with Gasteiger partial charge in [0.05, 0.1) is 0 Å². The molecule has 2 heteroatoms. The van der Waals surface area contributed by atoms with E-state index < -0.39 is 0 Å². The van der Waals surface area contributed by atoms with Crippen molar-refractivity contribution in [3.05, 3.63) is 0 Å². The Labute approximate surface area is 93.0 Å². The fourth-order valence-corrected chi connectivity index (χ4v) is 3.47. The molecule has 1 aliphatic carbocycles. The van der Waals surface area contributed by atoms with Crippen LogP contribution in [0, 0.1) is 17.8 Å². The van der Waals surface area contributed by atoms with Gasteiger partial charge in [-0.3, -0.25) is 4.79 Å². The maximum atomic E-state index is 11.8. The zero-order valence-electron chi connectivity index (χ0n) is 10.2. The minimum absolute atomic E-state index is 0.402. The number of carbonyl (C=O) groups excluding carboxylic acids is 1. The highest BCUT2D eigenvalue weighted by molar-refractivity contribution is 5.78. The highest BCUT2D eigenvalue weighted by atomic mass is 16.2. The Kier molecular flexibility index (Phi) is 3.03. The van der Waals surface area contributed by atoms with Crippen molar-refractivity contribution < 1.29 is 4.79 Å². The molecule has 0 bridgehead atoms. The Morgan fingerprint density at radius 1 is 1.33 bits per heavy atom. The van der Waals surface area contributed by atoms with Crippen molar-refractivity contribution in [2.24, 2.45) is 17.8 Å². The summed E-state index contributed by atoms with van der Waals surface area (Å²) in [4.78, 5) is 14.0. The van der Waals surface area contributed by atoms with Gasteiger partial charge in [-0.15, -0.1) is 0 Å². The lowest BCUT2D eigenvalue weighted by molar-refractivity contribution is -0.131. The minimum atomic E-state index is 0.402. The lowest BCUT2D eigenvalue weighted by atomic mass is 9.88. The molecule has 1 aliphatic heterocycles.